The van der Waals surface area contributed by atoms with Crippen LogP contribution < -0.4 is 0 Å². The molecule has 2 aromatic carbocycles. The first kappa shape index (κ1) is 23.9. The Bertz CT molecular complexity index is 1230. The van der Waals surface area contributed by atoms with Gasteiger partial charge in [0.15, 0.2) is 5.78 Å². The van der Waals surface area contributed by atoms with E-state index in [-0.39, 0.29) is 5.78 Å². The quantitative estimate of drug-likeness (QED) is 0.420. The van der Waals surface area contributed by atoms with E-state index in [0.29, 0.717) is 12.0 Å². The van der Waals surface area contributed by atoms with Gasteiger partial charge in [-0.2, -0.15) is 0 Å². The molecule has 0 bridgehead atoms. The first-order valence-electron chi connectivity index (χ1n) is 12.0. The molecule has 1 aliphatic heterocycles. The number of carbonyl (C=O) groups is 1. The molecule has 0 atom stereocenters. The summed E-state index contributed by atoms with van der Waals surface area (Å²) in [5, 5.41) is 0. The number of benzene rings is 2. The minimum atomic E-state index is 0.111. The van der Waals surface area contributed by atoms with Crippen LogP contribution in [0.1, 0.15) is 49.4 Å². The van der Waals surface area contributed by atoms with Gasteiger partial charge in [-0.3, -0.25) is 14.7 Å². The Kier molecular flexibility index (Phi) is 7.57. The molecule has 4 nitrogen and oxygen atoms in total. The third-order valence-electron chi connectivity index (χ3n) is 6.81. The monoisotopic (exact) mass is 451 g/mol. The lowest BCUT2D eigenvalue weighted by Gasteiger charge is -2.32. The zero-order valence-electron chi connectivity index (χ0n) is 20.7. The fourth-order valence-corrected chi connectivity index (χ4v) is 4.18. The van der Waals surface area contributed by atoms with E-state index in [1.165, 1.54) is 11.1 Å². The van der Waals surface area contributed by atoms with Crippen LogP contribution in [0.5, 0.6) is 0 Å². The maximum absolute atomic E-state index is 12.9. The minimum absolute atomic E-state index is 0.111. The second-order valence-electron chi connectivity index (χ2n) is 9.33. The fraction of sp³-hybridized carbons (Fsp3) is 0.333. The molecule has 34 heavy (non-hydrogen) atoms. The normalized spacial score (nSPS) is 14.5. The Labute approximate surface area is 203 Å². The average molecular weight is 452 g/mol. The zero-order valence-corrected chi connectivity index (χ0v) is 20.7. The topological polar surface area (TPSA) is 36.4 Å². The molecule has 0 radical (unpaired) electrons. The molecule has 0 N–H and O–H groups in total. The number of likely N-dealkylation sites (N-methyl/N-ethyl adjacent to an activating group) is 1. The number of hydrogen-bond acceptors (Lipinski definition) is 4. The number of pyridine rings is 1. The third kappa shape index (κ3) is 5.99. The summed E-state index contributed by atoms with van der Waals surface area (Å²) < 4.78 is 0. The number of hydrogen-bond donors (Lipinski definition) is 0. The van der Waals surface area contributed by atoms with Gasteiger partial charge >= 0.3 is 0 Å². The number of nitrogens with zero attached hydrogens (tertiary/aromatic N) is 3. The van der Waals surface area contributed by atoms with Gasteiger partial charge in [0.2, 0.25) is 0 Å². The van der Waals surface area contributed by atoms with E-state index < -0.39 is 0 Å². The fourth-order valence-electron chi connectivity index (χ4n) is 4.18. The summed E-state index contributed by atoms with van der Waals surface area (Å²) in [5.74, 6) is 6.54. The molecule has 0 amide bonds. The smallest absolute Gasteiger partial charge is 0.167 e. The molecule has 0 spiro atoms. The zero-order chi connectivity index (χ0) is 24.1. The Morgan fingerprint density at radius 2 is 1.62 bits per heavy atom. The standard InChI is InChI=1S/C30H33N3O/c1-22-23(2)29(20-31-24(22)3)13-12-25-6-5-7-28(18-25)30(34)19-26-8-10-27(11-9-26)21-33-16-14-32(4)15-17-33/h5-11,18,20H,14-17,19,21H2,1-4H3. The van der Waals surface area contributed by atoms with Gasteiger partial charge in [0.1, 0.15) is 0 Å². The van der Waals surface area contributed by atoms with Crippen molar-refractivity contribution >= 4 is 5.78 Å². The molecule has 1 saturated heterocycles. The van der Waals surface area contributed by atoms with Crippen LogP contribution in [0.25, 0.3) is 0 Å². The lowest BCUT2D eigenvalue weighted by Crippen LogP contribution is -2.43. The highest BCUT2D eigenvalue weighted by atomic mass is 16.1. The number of aromatic nitrogens is 1. The van der Waals surface area contributed by atoms with E-state index >= 15 is 0 Å². The van der Waals surface area contributed by atoms with Gasteiger partial charge < -0.3 is 4.90 Å². The molecule has 0 unspecified atom stereocenters. The van der Waals surface area contributed by atoms with Crippen molar-refractivity contribution in [1.29, 1.82) is 0 Å². The van der Waals surface area contributed by atoms with Gasteiger partial charge in [0.05, 0.1) is 0 Å². The Hall–Kier alpha value is -3.26. The molecule has 1 aliphatic rings. The number of ketones is 1. The number of piperazine rings is 1. The van der Waals surface area contributed by atoms with Crippen LogP contribution in [-0.4, -0.2) is 53.8 Å². The largest absolute Gasteiger partial charge is 0.304 e. The van der Waals surface area contributed by atoms with Crippen molar-refractivity contribution in [2.75, 3.05) is 33.2 Å². The van der Waals surface area contributed by atoms with Crippen molar-refractivity contribution in [2.24, 2.45) is 0 Å². The summed E-state index contributed by atoms with van der Waals surface area (Å²) in [6, 6.07) is 16.1. The van der Waals surface area contributed by atoms with Crippen molar-refractivity contribution in [3.05, 3.63) is 99.4 Å². The van der Waals surface area contributed by atoms with Crippen molar-refractivity contribution in [3.8, 4) is 11.8 Å². The molecule has 174 valence electrons. The van der Waals surface area contributed by atoms with Crippen LogP contribution in [0, 0.1) is 32.6 Å². The van der Waals surface area contributed by atoms with Gasteiger partial charge in [-0.15, -0.1) is 0 Å². The maximum Gasteiger partial charge on any atom is 0.167 e. The number of Topliss-reactive ketones (excluding diaryl/α,β-unsaturated/α-hetero) is 1. The molecule has 1 aromatic heterocycles. The second-order valence-corrected chi connectivity index (χ2v) is 9.33. The molecule has 4 rings (SSSR count). The highest BCUT2D eigenvalue weighted by Crippen LogP contribution is 2.15. The second kappa shape index (κ2) is 10.8. The van der Waals surface area contributed by atoms with E-state index in [9.17, 15) is 4.79 Å². The first-order valence-corrected chi connectivity index (χ1v) is 12.0. The van der Waals surface area contributed by atoms with Crippen molar-refractivity contribution in [3.63, 3.8) is 0 Å². The Balaban J connectivity index is 1.40. The highest BCUT2D eigenvalue weighted by Gasteiger charge is 2.14. The molecule has 4 heteroatoms. The predicted octanol–water partition coefficient (Wildman–Crippen LogP) is 4.58. The maximum atomic E-state index is 12.9. The predicted molar refractivity (Wildman–Crippen MR) is 138 cm³/mol. The highest BCUT2D eigenvalue weighted by molar-refractivity contribution is 5.97. The Morgan fingerprint density at radius 3 is 2.35 bits per heavy atom. The number of rotatable bonds is 5. The lowest BCUT2D eigenvalue weighted by molar-refractivity contribution is 0.0993. The molecule has 0 aliphatic carbocycles. The molecule has 0 saturated carbocycles. The van der Waals surface area contributed by atoms with Gasteiger partial charge in [0, 0.05) is 67.7 Å². The summed E-state index contributed by atoms with van der Waals surface area (Å²) >= 11 is 0. The SMILES string of the molecule is Cc1ncc(C#Cc2cccc(C(=O)Cc3ccc(CN4CCN(C)CC4)cc3)c2)c(C)c1C. The van der Waals surface area contributed by atoms with E-state index in [2.05, 4.69) is 71.8 Å². The molecule has 3 aromatic rings. The van der Waals surface area contributed by atoms with Crippen LogP contribution in [0.2, 0.25) is 0 Å². The molecular weight excluding hydrogens is 418 g/mol. The van der Waals surface area contributed by atoms with Crippen LogP contribution in [-0.2, 0) is 13.0 Å². The van der Waals surface area contributed by atoms with E-state index in [1.807, 2.05) is 37.4 Å². The summed E-state index contributed by atoms with van der Waals surface area (Å²) in [5.41, 5.74) is 8.16. The van der Waals surface area contributed by atoms with Crippen molar-refractivity contribution < 1.29 is 4.79 Å². The van der Waals surface area contributed by atoms with Crippen LogP contribution in [0.3, 0.4) is 0 Å². The number of aryl methyl sites for hydroxylation is 1. The van der Waals surface area contributed by atoms with Gasteiger partial charge in [0.25, 0.3) is 0 Å². The van der Waals surface area contributed by atoms with E-state index in [0.717, 1.165) is 60.7 Å². The minimum Gasteiger partial charge on any atom is -0.304 e. The third-order valence-corrected chi connectivity index (χ3v) is 6.81. The first-order chi connectivity index (χ1) is 16.4. The van der Waals surface area contributed by atoms with E-state index in [4.69, 9.17) is 0 Å². The van der Waals surface area contributed by atoms with Crippen molar-refractivity contribution in [1.82, 2.24) is 14.8 Å². The van der Waals surface area contributed by atoms with Crippen LogP contribution in [0.4, 0.5) is 0 Å². The van der Waals surface area contributed by atoms with Gasteiger partial charge in [-0.25, -0.2) is 0 Å². The molecule has 1 fully saturated rings. The lowest BCUT2D eigenvalue weighted by atomic mass is 10.00. The van der Waals surface area contributed by atoms with Crippen LogP contribution >= 0.6 is 0 Å². The van der Waals surface area contributed by atoms with Crippen LogP contribution in [0.15, 0.2) is 54.7 Å². The summed E-state index contributed by atoms with van der Waals surface area (Å²) in [6.07, 6.45) is 2.22. The summed E-state index contributed by atoms with van der Waals surface area (Å²) in [7, 11) is 2.18. The average Bonchev–Trinajstić information content (AvgIpc) is 2.85. The molecular formula is C30H33N3O. The summed E-state index contributed by atoms with van der Waals surface area (Å²) in [6.45, 7) is 11.6. The number of carbonyl (C=O) groups excluding carboxylic acids is 1. The summed E-state index contributed by atoms with van der Waals surface area (Å²) in [4.78, 5) is 22.2. The van der Waals surface area contributed by atoms with Gasteiger partial charge in [-0.1, -0.05) is 48.2 Å². The Morgan fingerprint density at radius 1 is 0.912 bits per heavy atom. The van der Waals surface area contributed by atoms with Gasteiger partial charge in [-0.05, 0) is 62.2 Å². The van der Waals surface area contributed by atoms with E-state index in [1.54, 1.807) is 0 Å². The van der Waals surface area contributed by atoms with Crippen molar-refractivity contribution in [2.45, 2.75) is 33.7 Å². The molecule has 2 heterocycles.